The SMILES string of the molecule is CC(C)C1CCC(C(N)Cc2ccncc2Cl)CC1. The third-order valence-corrected chi connectivity index (χ3v) is 5.02. The van der Waals surface area contributed by atoms with Crippen LogP contribution in [0.3, 0.4) is 0 Å². The second-order valence-electron chi connectivity index (χ2n) is 6.25. The van der Waals surface area contributed by atoms with Crippen LogP contribution in [0.4, 0.5) is 0 Å². The standard InChI is InChI=1S/C16H25ClN2/c1-11(2)12-3-5-13(6-4-12)16(18)9-14-7-8-19-10-15(14)17/h7-8,10-13,16H,3-6,9,18H2,1-2H3. The maximum atomic E-state index is 6.39. The number of hydrogen-bond acceptors (Lipinski definition) is 2. The van der Waals surface area contributed by atoms with Gasteiger partial charge >= 0.3 is 0 Å². The largest absolute Gasteiger partial charge is 0.327 e. The van der Waals surface area contributed by atoms with Gasteiger partial charge in [-0.25, -0.2) is 0 Å². The Morgan fingerprint density at radius 2 is 1.89 bits per heavy atom. The first-order valence-corrected chi connectivity index (χ1v) is 7.79. The van der Waals surface area contributed by atoms with Gasteiger partial charge < -0.3 is 5.73 Å². The Labute approximate surface area is 121 Å². The van der Waals surface area contributed by atoms with E-state index in [9.17, 15) is 0 Å². The molecule has 0 aromatic carbocycles. The summed E-state index contributed by atoms with van der Waals surface area (Å²) in [5, 5.41) is 0.744. The summed E-state index contributed by atoms with van der Waals surface area (Å²) in [6, 6.07) is 2.22. The molecule has 3 heteroatoms. The maximum Gasteiger partial charge on any atom is 0.0621 e. The molecule has 0 aliphatic heterocycles. The van der Waals surface area contributed by atoms with E-state index in [0.717, 1.165) is 28.8 Å². The molecule has 2 nitrogen and oxygen atoms in total. The second kappa shape index (κ2) is 6.71. The van der Waals surface area contributed by atoms with Crippen molar-refractivity contribution in [1.82, 2.24) is 4.98 Å². The molecule has 1 fully saturated rings. The molecule has 2 N–H and O–H groups in total. The molecule has 0 amide bonds. The highest BCUT2D eigenvalue weighted by Crippen LogP contribution is 2.35. The van der Waals surface area contributed by atoms with E-state index < -0.39 is 0 Å². The van der Waals surface area contributed by atoms with Gasteiger partial charge in [-0.05, 0) is 61.5 Å². The Bertz CT molecular complexity index is 397. The van der Waals surface area contributed by atoms with Crippen molar-refractivity contribution in [2.24, 2.45) is 23.5 Å². The summed E-state index contributed by atoms with van der Waals surface area (Å²) >= 11 is 6.15. The average molecular weight is 281 g/mol. The molecule has 1 aromatic rings. The lowest BCUT2D eigenvalue weighted by Gasteiger charge is -2.34. The van der Waals surface area contributed by atoms with E-state index in [2.05, 4.69) is 18.8 Å². The lowest BCUT2D eigenvalue weighted by Crippen LogP contribution is -2.35. The molecule has 1 unspecified atom stereocenters. The van der Waals surface area contributed by atoms with E-state index in [0.29, 0.717) is 5.92 Å². The van der Waals surface area contributed by atoms with Crippen LogP contribution in [0.5, 0.6) is 0 Å². The number of hydrogen-bond donors (Lipinski definition) is 1. The Morgan fingerprint density at radius 3 is 2.47 bits per heavy atom. The Balaban J connectivity index is 1.88. The van der Waals surface area contributed by atoms with E-state index in [-0.39, 0.29) is 6.04 Å². The van der Waals surface area contributed by atoms with Crippen molar-refractivity contribution in [3.8, 4) is 0 Å². The third kappa shape index (κ3) is 3.93. The number of nitrogens with two attached hydrogens (primary N) is 1. The van der Waals surface area contributed by atoms with Crippen molar-refractivity contribution >= 4 is 11.6 Å². The summed E-state index contributed by atoms with van der Waals surface area (Å²) < 4.78 is 0. The van der Waals surface area contributed by atoms with Crippen LogP contribution in [-0.2, 0) is 6.42 Å². The summed E-state index contributed by atoms with van der Waals surface area (Å²) in [5.41, 5.74) is 7.53. The van der Waals surface area contributed by atoms with Gasteiger partial charge in [-0.15, -0.1) is 0 Å². The first-order valence-electron chi connectivity index (χ1n) is 7.42. The molecule has 1 heterocycles. The summed E-state index contributed by atoms with van der Waals surface area (Å²) in [6.07, 6.45) is 9.58. The molecule has 0 spiro atoms. The van der Waals surface area contributed by atoms with Gasteiger partial charge in [-0.3, -0.25) is 4.98 Å². The average Bonchev–Trinajstić information content (AvgIpc) is 2.41. The minimum atomic E-state index is 0.230. The van der Waals surface area contributed by atoms with Gasteiger partial charge in [0, 0.05) is 18.4 Å². The van der Waals surface area contributed by atoms with Crippen molar-refractivity contribution in [1.29, 1.82) is 0 Å². The van der Waals surface area contributed by atoms with Crippen molar-refractivity contribution < 1.29 is 0 Å². The molecule has 1 aliphatic rings. The fraction of sp³-hybridized carbons (Fsp3) is 0.688. The van der Waals surface area contributed by atoms with Crippen LogP contribution < -0.4 is 5.73 Å². The normalized spacial score (nSPS) is 25.5. The van der Waals surface area contributed by atoms with E-state index >= 15 is 0 Å². The Hall–Kier alpha value is -0.600. The van der Waals surface area contributed by atoms with Gasteiger partial charge in [0.05, 0.1) is 5.02 Å². The zero-order valence-corrected chi connectivity index (χ0v) is 12.7. The molecular formula is C16H25ClN2. The maximum absolute atomic E-state index is 6.39. The highest BCUT2D eigenvalue weighted by Gasteiger charge is 2.27. The van der Waals surface area contributed by atoms with Gasteiger partial charge in [-0.2, -0.15) is 0 Å². The molecule has 0 saturated heterocycles. The van der Waals surface area contributed by atoms with Gasteiger partial charge in [0.1, 0.15) is 0 Å². The third-order valence-electron chi connectivity index (χ3n) is 4.68. The molecule has 1 atom stereocenters. The van der Waals surface area contributed by atoms with Crippen LogP contribution in [0.2, 0.25) is 5.02 Å². The minimum Gasteiger partial charge on any atom is -0.327 e. The van der Waals surface area contributed by atoms with Crippen LogP contribution in [0.15, 0.2) is 18.5 Å². The topological polar surface area (TPSA) is 38.9 Å². The quantitative estimate of drug-likeness (QED) is 0.903. The molecule has 106 valence electrons. The van der Waals surface area contributed by atoms with E-state index in [4.69, 9.17) is 17.3 Å². The van der Waals surface area contributed by atoms with Crippen LogP contribution >= 0.6 is 11.6 Å². The van der Waals surface area contributed by atoms with Gasteiger partial charge in [0.25, 0.3) is 0 Å². The van der Waals surface area contributed by atoms with E-state index in [1.807, 2.05) is 6.07 Å². The number of aromatic nitrogens is 1. The molecule has 0 radical (unpaired) electrons. The summed E-state index contributed by atoms with van der Waals surface area (Å²) in [6.45, 7) is 4.67. The fourth-order valence-corrected chi connectivity index (χ4v) is 3.43. The summed E-state index contributed by atoms with van der Waals surface area (Å²) in [4.78, 5) is 4.02. The van der Waals surface area contributed by atoms with E-state index in [1.165, 1.54) is 25.7 Å². The minimum absolute atomic E-state index is 0.230. The summed E-state index contributed by atoms with van der Waals surface area (Å²) in [7, 11) is 0. The number of rotatable bonds is 4. The Kier molecular flexibility index (Phi) is 5.23. The van der Waals surface area contributed by atoms with Crippen LogP contribution in [-0.4, -0.2) is 11.0 Å². The van der Waals surface area contributed by atoms with Crippen LogP contribution in [0.25, 0.3) is 0 Å². The Morgan fingerprint density at radius 1 is 1.26 bits per heavy atom. The molecule has 19 heavy (non-hydrogen) atoms. The zero-order chi connectivity index (χ0) is 13.8. The number of halogens is 1. The summed E-state index contributed by atoms with van der Waals surface area (Å²) in [5.74, 6) is 2.36. The monoisotopic (exact) mass is 280 g/mol. The van der Waals surface area contributed by atoms with Crippen molar-refractivity contribution in [3.05, 3.63) is 29.0 Å². The number of pyridine rings is 1. The first-order chi connectivity index (χ1) is 9.08. The second-order valence-corrected chi connectivity index (χ2v) is 6.66. The lowest BCUT2D eigenvalue weighted by molar-refractivity contribution is 0.202. The van der Waals surface area contributed by atoms with Crippen LogP contribution in [0, 0.1) is 17.8 Å². The molecule has 1 saturated carbocycles. The molecule has 0 bridgehead atoms. The van der Waals surface area contributed by atoms with Crippen molar-refractivity contribution in [2.75, 3.05) is 0 Å². The zero-order valence-electron chi connectivity index (χ0n) is 12.0. The predicted octanol–water partition coefficient (Wildman–Crippen LogP) is 4.07. The molecule has 1 aromatic heterocycles. The van der Waals surface area contributed by atoms with Crippen molar-refractivity contribution in [2.45, 2.75) is 52.0 Å². The smallest absolute Gasteiger partial charge is 0.0621 e. The fourth-order valence-electron chi connectivity index (χ4n) is 3.23. The van der Waals surface area contributed by atoms with Crippen LogP contribution in [0.1, 0.15) is 45.1 Å². The molecular weight excluding hydrogens is 256 g/mol. The molecule has 2 rings (SSSR count). The van der Waals surface area contributed by atoms with Crippen molar-refractivity contribution in [3.63, 3.8) is 0 Å². The first kappa shape index (κ1) is 14.8. The highest BCUT2D eigenvalue weighted by molar-refractivity contribution is 6.31. The predicted molar refractivity (Wildman–Crippen MR) is 81.2 cm³/mol. The van der Waals surface area contributed by atoms with Gasteiger partial charge in [-0.1, -0.05) is 25.4 Å². The van der Waals surface area contributed by atoms with Gasteiger partial charge in [0.15, 0.2) is 0 Å². The van der Waals surface area contributed by atoms with Gasteiger partial charge in [0.2, 0.25) is 0 Å². The highest BCUT2D eigenvalue weighted by atomic mass is 35.5. The lowest BCUT2D eigenvalue weighted by atomic mass is 9.74. The van der Waals surface area contributed by atoms with E-state index in [1.54, 1.807) is 12.4 Å². The molecule has 1 aliphatic carbocycles. The number of nitrogens with zero attached hydrogens (tertiary/aromatic N) is 1.